The van der Waals surface area contributed by atoms with Crippen LogP contribution in [-0.4, -0.2) is 9.55 Å². The van der Waals surface area contributed by atoms with Crippen LogP contribution in [0.1, 0.15) is 11.1 Å². The third-order valence-corrected chi connectivity index (χ3v) is 3.71. The molecule has 1 aromatic heterocycles. The lowest BCUT2D eigenvalue weighted by atomic mass is 10.2. The fourth-order valence-corrected chi connectivity index (χ4v) is 2.43. The number of rotatable bonds is 2. The third-order valence-electron chi connectivity index (χ3n) is 3.34. The molecule has 0 unspecified atom stereocenters. The van der Waals surface area contributed by atoms with Gasteiger partial charge in [0.25, 0.3) is 0 Å². The molecule has 3 aromatic rings. The standard InChI is InChI=1S/C15H13ClFN3/c1-9-6-14-13(7-12(9)17)19-15(18)20(14)8-10-4-2-3-5-11(10)16/h2-7H,8H2,1H3,(H2,18,19). The predicted octanol–water partition coefficient (Wildman–Crippen LogP) is 3.77. The van der Waals surface area contributed by atoms with E-state index in [1.165, 1.54) is 6.07 Å². The van der Waals surface area contributed by atoms with Gasteiger partial charge in [0.05, 0.1) is 17.6 Å². The second-order valence-corrected chi connectivity index (χ2v) is 5.14. The number of fused-ring (bicyclic) bond motifs is 1. The van der Waals surface area contributed by atoms with Crippen molar-refractivity contribution in [2.45, 2.75) is 13.5 Å². The molecule has 1 heterocycles. The molecule has 0 saturated heterocycles. The van der Waals surface area contributed by atoms with Gasteiger partial charge in [-0.2, -0.15) is 0 Å². The first-order valence-corrected chi connectivity index (χ1v) is 6.59. The monoisotopic (exact) mass is 289 g/mol. The molecular formula is C15H13ClFN3. The van der Waals surface area contributed by atoms with E-state index in [9.17, 15) is 4.39 Å². The van der Waals surface area contributed by atoms with Crippen molar-refractivity contribution in [2.24, 2.45) is 0 Å². The lowest BCUT2D eigenvalue weighted by molar-refractivity contribution is 0.620. The summed E-state index contributed by atoms with van der Waals surface area (Å²) < 4.78 is 15.4. The van der Waals surface area contributed by atoms with Crippen LogP contribution in [0.5, 0.6) is 0 Å². The predicted molar refractivity (Wildman–Crippen MR) is 79.4 cm³/mol. The fourth-order valence-electron chi connectivity index (χ4n) is 2.23. The van der Waals surface area contributed by atoms with E-state index in [0.717, 1.165) is 11.1 Å². The Morgan fingerprint density at radius 3 is 2.80 bits per heavy atom. The molecule has 0 aliphatic carbocycles. The molecule has 0 aliphatic rings. The quantitative estimate of drug-likeness (QED) is 0.780. The Labute approximate surface area is 120 Å². The first-order chi connectivity index (χ1) is 9.56. The Balaban J connectivity index is 2.14. The molecule has 0 amide bonds. The topological polar surface area (TPSA) is 43.8 Å². The second kappa shape index (κ2) is 4.80. The SMILES string of the molecule is Cc1cc2c(cc1F)nc(N)n2Cc1ccccc1Cl. The second-order valence-electron chi connectivity index (χ2n) is 4.74. The van der Waals surface area contributed by atoms with Crippen molar-refractivity contribution in [3.63, 3.8) is 0 Å². The van der Waals surface area contributed by atoms with Gasteiger partial charge in [-0.15, -0.1) is 0 Å². The Hall–Kier alpha value is -2.07. The minimum absolute atomic E-state index is 0.278. The normalized spacial score (nSPS) is 11.2. The number of nitrogens with two attached hydrogens (primary N) is 1. The van der Waals surface area contributed by atoms with Gasteiger partial charge in [-0.3, -0.25) is 0 Å². The lowest BCUT2D eigenvalue weighted by Gasteiger charge is -2.08. The van der Waals surface area contributed by atoms with E-state index in [4.69, 9.17) is 17.3 Å². The molecule has 0 spiro atoms. The zero-order chi connectivity index (χ0) is 14.3. The van der Waals surface area contributed by atoms with Crippen LogP contribution in [0, 0.1) is 12.7 Å². The van der Waals surface area contributed by atoms with E-state index in [0.29, 0.717) is 28.6 Å². The maximum absolute atomic E-state index is 13.6. The van der Waals surface area contributed by atoms with Crippen molar-refractivity contribution in [1.82, 2.24) is 9.55 Å². The van der Waals surface area contributed by atoms with Crippen LogP contribution in [0.3, 0.4) is 0 Å². The molecule has 102 valence electrons. The molecule has 2 aromatic carbocycles. The minimum Gasteiger partial charge on any atom is -0.369 e. The summed E-state index contributed by atoms with van der Waals surface area (Å²) in [5, 5.41) is 0.674. The highest BCUT2D eigenvalue weighted by Crippen LogP contribution is 2.24. The summed E-state index contributed by atoms with van der Waals surface area (Å²) in [6.45, 7) is 2.23. The van der Waals surface area contributed by atoms with Gasteiger partial charge < -0.3 is 10.3 Å². The molecule has 20 heavy (non-hydrogen) atoms. The first-order valence-electron chi connectivity index (χ1n) is 6.21. The summed E-state index contributed by atoms with van der Waals surface area (Å²) >= 11 is 6.17. The van der Waals surface area contributed by atoms with Crippen molar-refractivity contribution in [1.29, 1.82) is 0 Å². The summed E-state index contributed by atoms with van der Waals surface area (Å²) in [6, 6.07) is 10.7. The van der Waals surface area contributed by atoms with E-state index in [-0.39, 0.29) is 5.82 Å². The minimum atomic E-state index is -0.278. The molecule has 0 radical (unpaired) electrons. The lowest BCUT2D eigenvalue weighted by Crippen LogP contribution is -2.05. The van der Waals surface area contributed by atoms with Gasteiger partial charge in [0.2, 0.25) is 5.95 Å². The van der Waals surface area contributed by atoms with Crippen molar-refractivity contribution in [2.75, 3.05) is 5.73 Å². The summed E-state index contributed by atoms with van der Waals surface area (Å²) in [6.07, 6.45) is 0. The van der Waals surface area contributed by atoms with Gasteiger partial charge in [0.1, 0.15) is 5.82 Å². The number of hydrogen-bond donors (Lipinski definition) is 1. The van der Waals surface area contributed by atoms with Crippen LogP contribution in [0.4, 0.5) is 10.3 Å². The number of aromatic nitrogens is 2. The van der Waals surface area contributed by atoms with Gasteiger partial charge in [0, 0.05) is 11.1 Å². The first kappa shape index (κ1) is 12.9. The van der Waals surface area contributed by atoms with Gasteiger partial charge in [-0.25, -0.2) is 9.37 Å². The van der Waals surface area contributed by atoms with E-state index >= 15 is 0 Å². The number of imidazole rings is 1. The Kier molecular flexibility index (Phi) is 3.10. The maximum Gasteiger partial charge on any atom is 0.201 e. The molecule has 0 aliphatic heterocycles. The number of benzene rings is 2. The zero-order valence-corrected chi connectivity index (χ0v) is 11.7. The van der Waals surface area contributed by atoms with Gasteiger partial charge in [-0.1, -0.05) is 29.8 Å². The van der Waals surface area contributed by atoms with E-state index in [1.807, 2.05) is 28.8 Å². The molecule has 0 saturated carbocycles. The van der Waals surface area contributed by atoms with Crippen LogP contribution in [-0.2, 0) is 6.54 Å². The molecular weight excluding hydrogens is 277 g/mol. The third kappa shape index (κ3) is 2.12. The van der Waals surface area contributed by atoms with Crippen molar-refractivity contribution in [3.05, 3.63) is 58.4 Å². The number of nitrogens with zero attached hydrogens (tertiary/aromatic N) is 2. The summed E-state index contributed by atoms with van der Waals surface area (Å²) in [5.41, 5.74) is 8.81. The summed E-state index contributed by atoms with van der Waals surface area (Å²) in [5.74, 6) is 0.0739. The highest BCUT2D eigenvalue weighted by Gasteiger charge is 2.12. The Bertz CT molecular complexity index is 795. The smallest absolute Gasteiger partial charge is 0.201 e. The van der Waals surface area contributed by atoms with Gasteiger partial charge in [0.15, 0.2) is 0 Å². The van der Waals surface area contributed by atoms with Crippen molar-refractivity contribution in [3.8, 4) is 0 Å². The molecule has 0 atom stereocenters. The van der Waals surface area contributed by atoms with Gasteiger partial charge in [-0.05, 0) is 30.2 Å². The molecule has 0 bridgehead atoms. The highest BCUT2D eigenvalue weighted by atomic mass is 35.5. The van der Waals surface area contributed by atoms with Crippen LogP contribution < -0.4 is 5.73 Å². The molecule has 3 nitrogen and oxygen atoms in total. The average molecular weight is 290 g/mol. The molecule has 3 rings (SSSR count). The van der Waals surface area contributed by atoms with Gasteiger partial charge >= 0.3 is 0 Å². The van der Waals surface area contributed by atoms with Crippen LogP contribution in [0.15, 0.2) is 36.4 Å². The van der Waals surface area contributed by atoms with Crippen LogP contribution in [0.2, 0.25) is 5.02 Å². The van der Waals surface area contributed by atoms with E-state index in [2.05, 4.69) is 4.98 Å². The number of hydrogen-bond acceptors (Lipinski definition) is 2. The molecule has 5 heteroatoms. The fraction of sp³-hybridized carbons (Fsp3) is 0.133. The maximum atomic E-state index is 13.6. The molecule has 0 fully saturated rings. The van der Waals surface area contributed by atoms with Crippen molar-refractivity contribution >= 4 is 28.6 Å². The van der Waals surface area contributed by atoms with Crippen LogP contribution >= 0.6 is 11.6 Å². The Morgan fingerprint density at radius 1 is 1.30 bits per heavy atom. The largest absolute Gasteiger partial charge is 0.369 e. The zero-order valence-electron chi connectivity index (χ0n) is 10.9. The summed E-state index contributed by atoms with van der Waals surface area (Å²) in [4.78, 5) is 4.20. The molecule has 2 N–H and O–H groups in total. The highest BCUT2D eigenvalue weighted by molar-refractivity contribution is 6.31. The van der Waals surface area contributed by atoms with E-state index < -0.39 is 0 Å². The van der Waals surface area contributed by atoms with Crippen molar-refractivity contribution < 1.29 is 4.39 Å². The number of anilines is 1. The van der Waals surface area contributed by atoms with E-state index in [1.54, 1.807) is 13.0 Å². The average Bonchev–Trinajstić information content (AvgIpc) is 2.69. The van der Waals surface area contributed by atoms with Crippen LogP contribution in [0.25, 0.3) is 11.0 Å². The number of aryl methyl sites for hydroxylation is 1. The summed E-state index contributed by atoms with van der Waals surface area (Å²) in [7, 11) is 0. The number of halogens is 2. The number of nitrogen functional groups attached to an aromatic ring is 1. The Morgan fingerprint density at radius 2 is 2.05 bits per heavy atom.